The van der Waals surface area contributed by atoms with E-state index in [1.165, 1.54) is 0 Å². The van der Waals surface area contributed by atoms with Gasteiger partial charge in [-0.2, -0.15) is 13.1 Å². The molecule has 94 valence electrons. The van der Waals surface area contributed by atoms with E-state index >= 15 is 0 Å². The van der Waals surface area contributed by atoms with Crippen molar-refractivity contribution in [2.24, 2.45) is 0 Å². The zero-order chi connectivity index (χ0) is 12.5. The summed E-state index contributed by atoms with van der Waals surface area (Å²) >= 11 is 0. The minimum absolute atomic E-state index is 0.122. The molecule has 5 nitrogen and oxygen atoms in total. The summed E-state index contributed by atoms with van der Waals surface area (Å²) in [5.74, 6) is 0. The molecule has 3 N–H and O–H groups in total. The minimum Gasteiger partial charge on any atom is -0.384 e. The van der Waals surface area contributed by atoms with Crippen LogP contribution in [0.15, 0.2) is 18.2 Å². The van der Waals surface area contributed by atoms with Crippen molar-refractivity contribution in [2.45, 2.75) is 26.3 Å². The molecule has 1 aliphatic heterocycles. The van der Waals surface area contributed by atoms with E-state index in [-0.39, 0.29) is 6.04 Å². The average molecular weight is 255 g/mol. The number of fused-ring (bicyclic) bond motifs is 1. The number of nitrogens with one attached hydrogen (secondary N) is 3. The second-order valence-corrected chi connectivity index (χ2v) is 5.87. The maximum atomic E-state index is 11.7. The van der Waals surface area contributed by atoms with Crippen LogP contribution in [0.4, 0.5) is 11.4 Å². The summed E-state index contributed by atoms with van der Waals surface area (Å²) in [6.45, 7) is 4.48. The second kappa shape index (κ2) is 4.54. The highest BCUT2D eigenvalue weighted by Gasteiger charge is 2.14. The molecular formula is C11H17N3O2S. The maximum absolute atomic E-state index is 11.7. The predicted octanol–water partition coefficient (Wildman–Crippen LogP) is 1.31. The fraction of sp³-hybridized carbons (Fsp3) is 0.455. The van der Waals surface area contributed by atoms with E-state index in [0.29, 0.717) is 5.69 Å². The Kier molecular flexibility index (Phi) is 3.26. The second-order valence-electron chi connectivity index (χ2n) is 4.43. The van der Waals surface area contributed by atoms with E-state index in [9.17, 15) is 8.42 Å². The molecule has 0 unspecified atom stereocenters. The lowest BCUT2D eigenvalue weighted by atomic mass is 10.1. The van der Waals surface area contributed by atoms with Crippen molar-refractivity contribution in [2.75, 3.05) is 16.6 Å². The monoisotopic (exact) mass is 255 g/mol. The number of benzene rings is 1. The average Bonchev–Trinajstić information content (AvgIpc) is 2.61. The summed E-state index contributed by atoms with van der Waals surface area (Å²) in [4.78, 5) is 0. The van der Waals surface area contributed by atoms with Crippen LogP contribution >= 0.6 is 0 Å². The summed E-state index contributed by atoms with van der Waals surface area (Å²) in [6, 6.07) is 5.41. The van der Waals surface area contributed by atoms with E-state index < -0.39 is 10.2 Å². The third-order valence-corrected chi connectivity index (χ3v) is 3.74. The van der Waals surface area contributed by atoms with Crippen LogP contribution in [0, 0.1) is 0 Å². The number of rotatable bonds is 4. The first-order valence-electron chi connectivity index (χ1n) is 5.63. The standard InChI is InChI=1S/C11H17N3O2S/c1-8(2)13-17(15,16)14-10-3-4-11-9(7-10)5-6-12-11/h3-4,7-8,12-14H,5-6H2,1-2H3. The van der Waals surface area contributed by atoms with Gasteiger partial charge in [0.25, 0.3) is 10.2 Å². The molecule has 0 radical (unpaired) electrons. The molecule has 0 atom stereocenters. The van der Waals surface area contributed by atoms with Crippen LogP contribution in [-0.2, 0) is 16.6 Å². The lowest BCUT2D eigenvalue weighted by molar-refractivity contribution is 0.575. The van der Waals surface area contributed by atoms with Gasteiger partial charge in [0.1, 0.15) is 0 Å². The lowest BCUT2D eigenvalue weighted by Crippen LogP contribution is -2.35. The number of anilines is 2. The minimum atomic E-state index is -3.47. The Balaban J connectivity index is 2.14. The van der Waals surface area contributed by atoms with Gasteiger partial charge in [0.15, 0.2) is 0 Å². The topological polar surface area (TPSA) is 70.2 Å². The molecular weight excluding hydrogens is 238 g/mol. The lowest BCUT2D eigenvalue weighted by Gasteiger charge is -2.12. The SMILES string of the molecule is CC(C)NS(=O)(=O)Nc1ccc2c(c1)CCN2. The third kappa shape index (κ3) is 3.10. The summed E-state index contributed by atoms with van der Waals surface area (Å²) in [6.07, 6.45) is 0.933. The number of hydrogen-bond acceptors (Lipinski definition) is 3. The van der Waals surface area contributed by atoms with Crippen LogP contribution in [0.1, 0.15) is 19.4 Å². The van der Waals surface area contributed by atoms with Crippen LogP contribution < -0.4 is 14.8 Å². The smallest absolute Gasteiger partial charge is 0.299 e. The first kappa shape index (κ1) is 12.2. The van der Waals surface area contributed by atoms with Crippen LogP contribution in [0.3, 0.4) is 0 Å². The van der Waals surface area contributed by atoms with E-state index in [1.54, 1.807) is 19.9 Å². The predicted molar refractivity (Wildman–Crippen MR) is 69.4 cm³/mol. The van der Waals surface area contributed by atoms with Crippen molar-refractivity contribution in [3.05, 3.63) is 23.8 Å². The molecule has 0 aromatic heterocycles. The van der Waals surface area contributed by atoms with Gasteiger partial charge in [-0.1, -0.05) is 0 Å². The summed E-state index contributed by atoms with van der Waals surface area (Å²) in [7, 11) is -3.47. The molecule has 0 fully saturated rings. The van der Waals surface area contributed by atoms with Gasteiger partial charge in [-0.15, -0.1) is 0 Å². The van der Waals surface area contributed by atoms with Crippen LogP contribution in [-0.4, -0.2) is 21.0 Å². The Bertz CT molecular complexity index is 511. The Morgan fingerprint density at radius 2 is 2.12 bits per heavy atom. The fourth-order valence-electron chi connectivity index (χ4n) is 1.86. The van der Waals surface area contributed by atoms with E-state index in [1.807, 2.05) is 12.1 Å². The van der Waals surface area contributed by atoms with E-state index in [0.717, 1.165) is 24.2 Å². The Morgan fingerprint density at radius 1 is 1.35 bits per heavy atom. The van der Waals surface area contributed by atoms with Crippen molar-refractivity contribution in [3.63, 3.8) is 0 Å². The van der Waals surface area contributed by atoms with Crippen LogP contribution in [0.25, 0.3) is 0 Å². The van der Waals surface area contributed by atoms with Gasteiger partial charge in [0.05, 0.1) is 5.69 Å². The first-order chi connectivity index (χ1) is 7.96. The van der Waals surface area contributed by atoms with Gasteiger partial charge in [-0.25, -0.2) is 0 Å². The fourth-order valence-corrected chi connectivity index (χ4v) is 2.98. The van der Waals surface area contributed by atoms with Crippen molar-refractivity contribution >= 4 is 21.6 Å². The molecule has 6 heteroatoms. The zero-order valence-electron chi connectivity index (χ0n) is 9.95. The van der Waals surface area contributed by atoms with Crippen molar-refractivity contribution in [1.29, 1.82) is 0 Å². The Morgan fingerprint density at radius 3 is 2.82 bits per heavy atom. The molecule has 1 aromatic carbocycles. The maximum Gasteiger partial charge on any atom is 0.299 e. The zero-order valence-corrected chi connectivity index (χ0v) is 10.8. The molecule has 2 rings (SSSR count). The van der Waals surface area contributed by atoms with Gasteiger partial charge in [0.2, 0.25) is 0 Å². The molecule has 1 aliphatic rings. The highest BCUT2D eigenvalue weighted by atomic mass is 32.2. The van der Waals surface area contributed by atoms with Crippen LogP contribution in [0.2, 0.25) is 0 Å². The summed E-state index contributed by atoms with van der Waals surface area (Å²) < 4.78 is 28.3. The summed E-state index contributed by atoms with van der Waals surface area (Å²) in [5, 5.41) is 3.23. The molecule has 0 aliphatic carbocycles. The largest absolute Gasteiger partial charge is 0.384 e. The summed E-state index contributed by atoms with van der Waals surface area (Å²) in [5.41, 5.74) is 2.83. The molecule has 0 amide bonds. The molecule has 17 heavy (non-hydrogen) atoms. The van der Waals surface area contributed by atoms with Gasteiger partial charge < -0.3 is 5.32 Å². The quantitative estimate of drug-likeness (QED) is 0.759. The van der Waals surface area contributed by atoms with Gasteiger partial charge in [0, 0.05) is 18.3 Å². The van der Waals surface area contributed by atoms with E-state index in [2.05, 4.69) is 14.8 Å². The molecule has 0 saturated carbocycles. The highest BCUT2D eigenvalue weighted by molar-refractivity contribution is 7.90. The molecule has 1 heterocycles. The molecule has 0 spiro atoms. The first-order valence-corrected chi connectivity index (χ1v) is 7.11. The van der Waals surface area contributed by atoms with Crippen molar-refractivity contribution in [1.82, 2.24) is 4.72 Å². The Labute approximate surface area is 102 Å². The number of hydrogen-bond donors (Lipinski definition) is 3. The molecule has 0 saturated heterocycles. The van der Waals surface area contributed by atoms with Gasteiger partial charge >= 0.3 is 0 Å². The molecule has 0 bridgehead atoms. The van der Waals surface area contributed by atoms with E-state index in [4.69, 9.17) is 0 Å². The van der Waals surface area contributed by atoms with Gasteiger partial charge in [-0.3, -0.25) is 4.72 Å². The third-order valence-electron chi connectivity index (χ3n) is 2.46. The molecule has 1 aromatic rings. The highest BCUT2D eigenvalue weighted by Crippen LogP contribution is 2.25. The van der Waals surface area contributed by atoms with Gasteiger partial charge in [-0.05, 0) is 44.0 Å². The van der Waals surface area contributed by atoms with Crippen LogP contribution in [0.5, 0.6) is 0 Å². The van der Waals surface area contributed by atoms with Crippen molar-refractivity contribution in [3.8, 4) is 0 Å². The normalized spacial score (nSPS) is 14.5. The Hall–Kier alpha value is -1.27. The van der Waals surface area contributed by atoms with Crippen molar-refractivity contribution < 1.29 is 8.42 Å².